The van der Waals surface area contributed by atoms with E-state index in [0.717, 1.165) is 19.4 Å². The van der Waals surface area contributed by atoms with Gasteiger partial charge in [-0.1, -0.05) is 0 Å². The molecule has 0 spiro atoms. The molecule has 1 aliphatic rings. The van der Waals surface area contributed by atoms with Crippen LogP contribution in [0.3, 0.4) is 0 Å². The molecule has 1 unspecified atom stereocenters. The van der Waals surface area contributed by atoms with E-state index in [2.05, 4.69) is 14.7 Å². The first-order valence-electron chi connectivity index (χ1n) is 5.68. The second-order valence-corrected chi connectivity index (χ2v) is 6.51. The maximum absolute atomic E-state index is 11.4. The fourth-order valence-corrected chi connectivity index (χ4v) is 2.95. The standard InChI is InChI=1S/C10H15ClN4O2S/c11-8-18(16,17)14-9-3-1-6-15(7-9)10-12-4-2-5-13-10/h2,4-5,9,14H,1,3,6-8H2. The van der Waals surface area contributed by atoms with Crippen LogP contribution < -0.4 is 9.62 Å². The quantitative estimate of drug-likeness (QED) is 0.820. The lowest BCUT2D eigenvalue weighted by Crippen LogP contribution is -2.48. The highest BCUT2D eigenvalue weighted by molar-refractivity contribution is 7.90. The lowest BCUT2D eigenvalue weighted by atomic mass is 10.1. The highest BCUT2D eigenvalue weighted by atomic mass is 35.5. The van der Waals surface area contributed by atoms with E-state index >= 15 is 0 Å². The molecule has 1 aliphatic heterocycles. The van der Waals surface area contributed by atoms with Crippen molar-refractivity contribution in [1.82, 2.24) is 14.7 Å². The number of hydrogen-bond acceptors (Lipinski definition) is 5. The van der Waals surface area contributed by atoms with E-state index in [1.807, 2.05) is 4.90 Å². The van der Waals surface area contributed by atoms with Crippen LogP contribution in [0.25, 0.3) is 0 Å². The van der Waals surface area contributed by atoms with Gasteiger partial charge in [0.2, 0.25) is 16.0 Å². The average Bonchev–Trinajstić information content (AvgIpc) is 2.40. The van der Waals surface area contributed by atoms with Crippen molar-refractivity contribution in [2.45, 2.75) is 18.9 Å². The van der Waals surface area contributed by atoms with Crippen molar-refractivity contribution < 1.29 is 8.42 Å². The molecule has 1 N–H and O–H groups in total. The number of rotatable bonds is 4. The molecule has 18 heavy (non-hydrogen) atoms. The topological polar surface area (TPSA) is 75.2 Å². The minimum Gasteiger partial charge on any atom is -0.339 e. The van der Waals surface area contributed by atoms with E-state index in [1.54, 1.807) is 18.5 Å². The number of halogens is 1. The summed E-state index contributed by atoms with van der Waals surface area (Å²) in [6, 6.07) is 1.62. The van der Waals surface area contributed by atoms with Crippen LogP contribution in [-0.2, 0) is 10.0 Å². The van der Waals surface area contributed by atoms with E-state index in [-0.39, 0.29) is 6.04 Å². The maximum atomic E-state index is 11.4. The fraction of sp³-hybridized carbons (Fsp3) is 0.600. The Morgan fingerprint density at radius 1 is 1.44 bits per heavy atom. The van der Waals surface area contributed by atoms with Gasteiger partial charge in [0.25, 0.3) is 0 Å². The molecule has 0 saturated carbocycles. The predicted molar refractivity (Wildman–Crippen MR) is 70.0 cm³/mol. The first-order valence-corrected chi connectivity index (χ1v) is 7.87. The summed E-state index contributed by atoms with van der Waals surface area (Å²) in [7, 11) is -3.38. The molecule has 8 heteroatoms. The Balaban J connectivity index is 2.01. The molecule has 6 nitrogen and oxygen atoms in total. The molecule has 0 amide bonds. The van der Waals surface area contributed by atoms with Gasteiger partial charge in [-0.3, -0.25) is 0 Å². The van der Waals surface area contributed by atoms with Crippen molar-refractivity contribution in [2.75, 3.05) is 23.2 Å². The van der Waals surface area contributed by atoms with Crippen molar-refractivity contribution in [1.29, 1.82) is 0 Å². The van der Waals surface area contributed by atoms with Gasteiger partial charge in [-0.05, 0) is 18.9 Å². The highest BCUT2D eigenvalue weighted by Crippen LogP contribution is 2.15. The molecular weight excluding hydrogens is 276 g/mol. The molecule has 1 aromatic heterocycles. The van der Waals surface area contributed by atoms with Gasteiger partial charge in [0, 0.05) is 31.5 Å². The molecular formula is C10H15ClN4O2S. The number of sulfonamides is 1. The Hall–Kier alpha value is -0.920. The molecule has 2 heterocycles. The van der Waals surface area contributed by atoms with Crippen LogP contribution in [0, 0.1) is 0 Å². The summed E-state index contributed by atoms with van der Waals surface area (Å²) in [4.78, 5) is 10.3. The van der Waals surface area contributed by atoms with E-state index in [9.17, 15) is 8.42 Å². The Bertz CT molecular complexity index is 482. The molecule has 1 fully saturated rings. The minimum absolute atomic E-state index is 0.133. The van der Waals surface area contributed by atoms with E-state index in [1.165, 1.54) is 0 Å². The lowest BCUT2D eigenvalue weighted by Gasteiger charge is -2.32. The number of piperidine rings is 1. The van der Waals surface area contributed by atoms with E-state index < -0.39 is 15.2 Å². The van der Waals surface area contributed by atoms with Gasteiger partial charge >= 0.3 is 0 Å². The third-order valence-electron chi connectivity index (χ3n) is 2.75. The zero-order valence-electron chi connectivity index (χ0n) is 9.79. The zero-order chi connectivity index (χ0) is 13.0. The van der Waals surface area contributed by atoms with Gasteiger partial charge in [0.05, 0.1) is 0 Å². The van der Waals surface area contributed by atoms with Crippen molar-refractivity contribution in [3.8, 4) is 0 Å². The number of nitrogens with one attached hydrogen (secondary N) is 1. The average molecular weight is 291 g/mol. The third-order valence-corrected chi connectivity index (χ3v) is 4.59. The summed E-state index contributed by atoms with van der Waals surface area (Å²) in [6.07, 6.45) is 5.05. The van der Waals surface area contributed by atoms with Crippen LogP contribution in [0.2, 0.25) is 0 Å². The SMILES string of the molecule is O=S(=O)(CCl)NC1CCCN(c2ncccn2)C1. The van der Waals surface area contributed by atoms with Crippen LogP contribution >= 0.6 is 11.6 Å². The number of nitrogens with zero attached hydrogens (tertiary/aromatic N) is 3. The van der Waals surface area contributed by atoms with Crippen molar-refractivity contribution in [3.05, 3.63) is 18.5 Å². The monoisotopic (exact) mass is 290 g/mol. The molecule has 2 rings (SSSR count). The van der Waals surface area contributed by atoms with Gasteiger partial charge in [-0.25, -0.2) is 23.1 Å². The van der Waals surface area contributed by atoms with E-state index in [4.69, 9.17) is 11.6 Å². The van der Waals surface area contributed by atoms with Crippen LogP contribution in [0.1, 0.15) is 12.8 Å². The van der Waals surface area contributed by atoms with Crippen molar-refractivity contribution in [2.24, 2.45) is 0 Å². The second kappa shape index (κ2) is 5.81. The van der Waals surface area contributed by atoms with Crippen molar-refractivity contribution in [3.63, 3.8) is 0 Å². The number of alkyl halides is 1. The molecule has 1 atom stereocenters. The Morgan fingerprint density at radius 2 is 2.17 bits per heavy atom. The normalized spacial score (nSPS) is 20.9. The van der Waals surface area contributed by atoms with Crippen molar-refractivity contribution >= 4 is 27.6 Å². The second-order valence-electron chi connectivity index (χ2n) is 4.18. The number of aromatic nitrogens is 2. The summed E-state index contributed by atoms with van der Waals surface area (Å²) in [5.41, 5.74) is 0. The van der Waals surface area contributed by atoms with E-state index in [0.29, 0.717) is 12.5 Å². The Kier molecular flexibility index (Phi) is 4.36. The minimum atomic E-state index is -3.38. The fourth-order valence-electron chi connectivity index (χ4n) is 1.99. The lowest BCUT2D eigenvalue weighted by molar-refractivity contribution is 0.463. The van der Waals surface area contributed by atoms with Gasteiger partial charge in [-0.2, -0.15) is 0 Å². The van der Waals surface area contributed by atoms with Crippen LogP contribution in [0.15, 0.2) is 18.5 Å². The van der Waals surface area contributed by atoms with Gasteiger partial charge in [0.1, 0.15) is 5.21 Å². The maximum Gasteiger partial charge on any atom is 0.225 e. The zero-order valence-corrected chi connectivity index (χ0v) is 11.4. The van der Waals surface area contributed by atoms with Gasteiger partial charge in [0.15, 0.2) is 0 Å². The first kappa shape index (κ1) is 13.5. The highest BCUT2D eigenvalue weighted by Gasteiger charge is 2.24. The summed E-state index contributed by atoms with van der Waals surface area (Å²) < 4.78 is 25.4. The first-order chi connectivity index (χ1) is 8.61. The third kappa shape index (κ3) is 3.54. The number of anilines is 1. The molecule has 0 aliphatic carbocycles. The molecule has 1 saturated heterocycles. The summed E-state index contributed by atoms with van der Waals surface area (Å²) in [5.74, 6) is 0.632. The molecule has 100 valence electrons. The van der Waals surface area contributed by atoms with Crippen LogP contribution in [0.5, 0.6) is 0 Å². The van der Waals surface area contributed by atoms with Gasteiger partial charge in [-0.15, -0.1) is 11.6 Å². The largest absolute Gasteiger partial charge is 0.339 e. The van der Waals surface area contributed by atoms with Crippen LogP contribution in [0.4, 0.5) is 5.95 Å². The molecule has 0 radical (unpaired) electrons. The summed E-state index contributed by atoms with van der Waals surface area (Å²) >= 11 is 5.38. The molecule has 0 bridgehead atoms. The molecule has 1 aromatic rings. The predicted octanol–water partition coefficient (Wildman–Crippen LogP) is 0.561. The smallest absolute Gasteiger partial charge is 0.225 e. The summed E-state index contributed by atoms with van der Waals surface area (Å²) in [6.45, 7) is 1.41. The Morgan fingerprint density at radius 3 is 2.83 bits per heavy atom. The van der Waals surface area contributed by atoms with Gasteiger partial charge < -0.3 is 4.90 Å². The number of hydrogen-bond donors (Lipinski definition) is 1. The molecule has 0 aromatic carbocycles. The Labute approximate surface area is 111 Å². The van der Waals surface area contributed by atoms with Crippen LogP contribution in [-0.4, -0.2) is 42.7 Å². The summed E-state index contributed by atoms with van der Waals surface area (Å²) in [5, 5.41) is -0.411.